The van der Waals surface area contributed by atoms with Gasteiger partial charge in [-0.15, -0.1) is 0 Å². The molecule has 132 valence electrons. The predicted molar refractivity (Wildman–Crippen MR) is 104 cm³/mol. The van der Waals surface area contributed by atoms with E-state index in [-0.39, 0.29) is 11.9 Å². The van der Waals surface area contributed by atoms with Gasteiger partial charge in [-0.3, -0.25) is 9.69 Å². The summed E-state index contributed by atoms with van der Waals surface area (Å²) in [5.41, 5.74) is 4.26. The molecule has 6 heteroatoms. The SMILES string of the molecule is Cc1ccc(N2CC3=C(C2=O)[C@@H](c2ccc(Br)cc2)NC(=O)N3C)cc1. The number of urea groups is 1. The minimum absolute atomic E-state index is 0.0661. The Balaban J connectivity index is 1.75. The zero-order valence-electron chi connectivity index (χ0n) is 14.5. The number of anilines is 1. The normalized spacial score (nSPS) is 19.7. The summed E-state index contributed by atoms with van der Waals surface area (Å²) in [5.74, 6) is -0.0661. The fourth-order valence-electron chi connectivity index (χ4n) is 3.41. The molecule has 1 atom stereocenters. The van der Waals surface area contributed by atoms with Crippen LogP contribution in [0, 0.1) is 6.92 Å². The van der Waals surface area contributed by atoms with Gasteiger partial charge in [-0.25, -0.2) is 4.79 Å². The van der Waals surface area contributed by atoms with Gasteiger partial charge in [0.05, 0.1) is 23.9 Å². The van der Waals surface area contributed by atoms with E-state index in [9.17, 15) is 9.59 Å². The Morgan fingerprint density at radius 1 is 1.04 bits per heavy atom. The van der Waals surface area contributed by atoms with Crippen molar-refractivity contribution < 1.29 is 9.59 Å². The van der Waals surface area contributed by atoms with Gasteiger partial charge in [0.2, 0.25) is 0 Å². The minimum Gasteiger partial charge on any atom is -0.327 e. The summed E-state index contributed by atoms with van der Waals surface area (Å²) in [6.07, 6.45) is 0. The van der Waals surface area contributed by atoms with Crippen molar-refractivity contribution in [3.8, 4) is 0 Å². The third-order valence-electron chi connectivity index (χ3n) is 4.91. The van der Waals surface area contributed by atoms with Crippen LogP contribution in [0.4, 0.5) is 10.5 Å². The number of halogens is 1. The first-order chi connectivity index (χ1) is 12.5. The molecule has 0 radical (unpaired) electrons. The van der Waals surface area contributed by atoms with E-state index in [1.807, 2.05) is 55.5 Å². The summed E-state index contributed by atoms with van der Waals surface area (Å²) in [7, 11) is 1.70. The standard InChI is InChI=1S/C20H18BrN3O2/c1-12-3-9-15(10-4-12)24-11-16-17(19(24)25)18(22-20(26)23(16)2)13-5-7-14(21)8-6-13/h3-10,18H,11H2,1-2H3,(H,22,26)/t18-/m1/s1. The summed E-state index contributed by atoms with van der Waals surface area (Å²) < 4.78 is 0.953. The average Bonchev–Trinajstić information content (AvgIpc) is 2.97. The third kappa shape index (κ3) is 2.70. The van der Waals surface area contributed by atoms with E-state index in [2.05, 4.69) is 21.2 Å². The molecule has 4 rings (SSSR count). The highest BCUT2D eigenvalue weighted by molar-refractivity contribution is 9.10. The van der Waals surface area contributed by atoms with E-state index < -0.39 is 6.04 Å². The molecule has 5 nitrogen and oxygen atoms in total. The zero-order chi connectivity index (χ0) is 18.4. The van der Waals surface area contributed by atoms with Crippen molar-refractivity contribution in [3.05, 3.63) is 75.4 Å². The van der Waals surface area contributed by atoms with Gasteiger partial charge in [0.15, 0.2) is 0 Å². The zero-order valence-corrected chi connectivity index (χ0v) is 16.1. The highest BCUT2D eigenvalue weighted by Gasteiger charge is 2.43. The molecule has 0 aliphatic carbocycles. The molecule has 0 spiro atoms. The van der Waals surface area contributed by atoms with Crippen LogP contribution in [0.2, 0.25) is 0 Å². The second-order valence-corrected chi connectivity index (χ2v) is 7.50. The van der Waals surface area contributed by atoms with Gasteiger partial charge in [-0.1, -0.05) is 45.8 Å². The monoisotopic (exact) mass is 411 g/mol. The number of hydrogen-bond donors (Lipinski definition) is 1. The first-order valence-corrected chi connectivity index (χ1v) is 9.16. The van der Waals surface area contributed by atoms with E-state index in [4.69, 9.17) is 0 Å². The number of hydrogen-bond acceptors (Lipinski definition) is 2. The van der Waals surface area contributed by atoms with Gasteiger partial charge in [-0.2, -0.15) is 0 Å². The molecule has 0 bridgehead atoms. The van der Waals surface area contributed by atoms with Crippen LogP contribution in [-0.4, -0.2) is 30.4 Å². The van der Waals surface area contributed by atoms with E-state index in [1.165, 1.54) is 4.90 Å². The summed E-state index contributed by atoms with van der Waals surface area (Å²) in [5, 5.41) is 2.95. The third-order valence-corrected chi connectivity index (χ3v) is 5.44. The van der Waals surface area contributed by atoms with Crippen molar-refractivity contribution in [2.45, 2.75) is 13.0 Å². The van der Waals surface area contributed by atoms with Crippen LogP contribution < -0.4 is 10.2 Å². The molecular weight excluding hydrogens is 394 g/mol. The fraction of sp³-hybridized carbons (Fsp3) is 0.200. The highest BCUT2D eigenvalue weighted by atomic mass is 79.9. The van der Waals surface area contributed by atoms with E-state index in [0.717, 1.165) is 27.0 Å². The number of aryl methyl sites for hydroxylation is 1. The number of nitrogens with one attached hydrogen (secondary N) is 1. The lowest BCUT2D eigenvalue weighted by Gasteiger charge is -2.31. The van der Waals surface area contributed by atoms with E-state index >= 15 is 0 Å². The van der Waals surface area contributed by atoms with Crippen LogP contribution in [0.3, 0.4) is 0 Å². The van der Waals surface area contributed by atoms with Crippen LogP contribution in [0.15, 0.2) is 64.3 Å². The second-order valence-electron chi connectivity index (χ2n) is 6.58. The molecule has 0 unspecified atom stereocenters. The Bertz CT molecular complexity index is 919. The maximum absolute atomic E-state index is 13.2. The van der Waals surface area contributed by atoms with Crippen molar-refractivity contribution in [1.82, 2.24) is 10.2 Å². The van der Waals surface area contributed by atoms with Gasteiger partial charge >= 0.3 is 6.03 Å². The van der Waals surface area contributed by atoms with Crippen molar-refractivity contribution in [1.29, 1.82) is 0 Å². The lowest BCUT2D eigenvalue weighted by atomic mass is 9.96. The predicted octanol–water partition coefficient (Wildman–Crippen LogP) is 3.75. The number of carbonyl (C=O) groups is 2. The van der Waals surface area contributed by atoms with Crippen molar-refractivity contribution in [2.24, 2.45) is 0 Å². The summed E-state index contributed by atoms with van der Waals surface area (Å²) in [6.45, 7) is 2.41. The summed E-state index contributed by atoms with van der Waals surface area (Å²) in [4.78, 5) is 28.9. The first kappa shape index (κ1) is 16.8. The van der Waals surface area contributed by atoms with Gasteiger partial charge in [-0.05, 0) is 36.8 Å². The van der Waals surface area contributed by atoms with Gasteiger partial charge in [0.1, 0.15) is 0 Å². The molecule has 0 fully saturated rings. The van der Waals surface area contributed by atoms with Crippen molar-refractivity contribution in [2.75, 3.05) is 18.5 Å². The molecular formula is C20H18BrN3O2. The number of carbonyl (C=O) groups excluding carboxylic acids is 2. The van der Waals surface area contributed by atoms with E-state index in [1.54, 1.807) is 11.9 Å². The van der Waals surface area contributed by atoms with Gasteiger partial charge < -0.3 is 10.2 Å². The Hall–Kier alpha value is -2.60. The number of rotatable bonds is 2. The van der Waals surface area contributed by atoms with Crippen LogP contribution >= 0.6 is 15.9 Å². The fourth-order valence-corrected chi connectivity index (χ4v) is 3.67. The maximum Gasteiger partial charge on any atom is 0.322 e. The number of likely N-dealkylation sites (N-methyl/N-ethyl adjacent to an activating group) is 1. The number of nitrogens with zero attached hydrogens (tertiary/aromatic N) is 2. The Labute approximate surface area is 160 Å². The molecule has 3 amide bonds. The Kier molecular flexibility index (Phi) is 4.07. The quantitative estimate of drug-likeness (QED) is 0.817. The molecule has 2 aromatic carbocycles. The highest BCUT2D eigenvalue weighted by Crippen LogP contribution is 2.37. The van der Waals surface area contributed by atoms with Crippen LogP contribution in [0.5, 0.6) is 0 Å². The molecule has 2 aliphatic rings. The Morgan fingerprint density at radius 2 is 1.69 bits per heavy atom. The molecule has 0 aromatic heterocycles. The second kappa shape index (κ2) is 6.29. The molecule has 1 N–H and O–H groups in total. The number of amides is 3. The van der Waals surface area contributed by atoms with Crippen LogP contribution in [-0.2, 0) is 4.79 Å². The van der Waals surface area contributed by atoms with Crippen molar-refractivity contribution >= 4 is 33.6 Å². The molecule has 0 saturated carbocycles. The van der Waals surface area contributed by atoms with E-state index in [0.29, 0.717) is 12.1 Å². The first-order valence-electron chi connectivity index (χ1n) is 8.37. The Morgan fingerprint density at radius 3 is 2.35 bits per heavy atom. The molecule has 2 aliphatic heterocycles. The van der Waals surface area contributed by atoms with Gasteiger partial charge in [0.25, 0.3) is 5.91 Å². The average molecular weight is 412 g/mol. The molecule has 2 aromatic rings. The number of benzene rings is 2. The van der Waals surface area contributed by atoms with Crippen LogP contribution in [0.25, 0.3) is 0 Å². The van der Waals surface area contributed by atoms with Crippen LogP contribution in [0.1, 0.15) is 17.2 Å². The topological polar surface area (TPSA) is 52.7 Å². The molecule has 26 heavy (non-hydrogen) atoms. The summed E-state index contributed by atoms with van der Waals surface area (Å²) in [6, 6.07) is 14.9. The maximum atomic E-state index is 13.2. The summed E-state index contributed by atoms with van der Waals surface area (Å²) >= 11 is 3.42. The minimum atomic E-state index is -0.440. The van der Waals surface area contributed by atoms with Crippen molar-refractivity contribution in [3.63, 3.8) is 0 Å². The van der Waals surface area contributed by atoms with Gasteiger partial charge in [0, 0.05) is 17.2 Å². The lowest BCUT2D eigenvalue weighted by Crippen LogP contribution is -2.45. The lowest BCUT2D eigenvalue weighted by molar-refractivity contribution is -0.114. The largest absolute Gasteiger partial charge is 0.327 e. The molecule has 0 saturated heterocycles. The smallest absolute Gasteiger partial charge is 0.322 e. The molecule has 2 heterocycles.